The molecule has 12 heteroatoms. The molecule has 2 aliphatic heterocycles. The number of halogens is 3. The molecule has 1 fully saturated rings. The third kappa shape index (κ3) is 7.01. The molecule has 0 unspecified atom stereocenters. The summed E-state index contributed by atoms with van der Waals surface area (Å²) in [4.78, 5) is 14.6. The molecule has 0 spiro atoms. The minimum Gasteiger partial charge on any atom is -0.353 e. The smallest absolute Gasteiger partial charge is 0.353 e. The van der Waals surface area contributed by atoms with Gasteiger partial charge in [0.15, 0.2) is 0 Å². The summed E-state index contributed by atoms with van der Waals surface area (Å²) in [6.07, 6.45) is -3.10. The molecule has 2 aromatic rings. The van der Waals surface area contributed by atoms with Crippen LogP contribution in [0.25, 0.3) is 0 Å². The van der Waals surface area contributed by atoms with Crippen LogP contribution in [-0.2, 0) is 34.2 Å². The van der Waals surface area contributed by atoms with E-state index >= 15 is 0 Å². The van der Waals surface area contributed by atoms with Crippen molar-refractivity contribution in [3.63, 3.8) is 0 Å². The molecule has 0 saturated carbocycles. The summed E-state index contributed by atoms with van der Waals surface area (Å²) >= 11 is 0. The third-order valence-corrected chi connectivity index (χ3v) is 8.09. The summed E-state index contributed by atoms with van der Waals surface area (Å²) in [7, 11) is -4.07. The average Bonchev–Trinajstić information content (AvgIpc) is 3.06. The van der Waals surface area contributed by atoms with Gasteiger partial charge in [0.1, 0.15) is 0 Å². The largest absolute Gasteiger partial charge is 0.471 e. The van der Waals surface area contributed by atoms with Gasteiger partial charge in [-0.25, -0.2) is 13.1 Å². The van der Waals surface area contributed by atoms with Crippen LogP contribution in [0.3, 0.4) is 0 Å². The molecule has 2 aliphatic rings. The average molecular weight is 538 g/mol. The lowest BCUT2D eigenvalue weighted by atomic mass is 10.0. The van der Waals surface area contributed by atoms with Gasteiger partial charge in [-0.1, -0.05) is 36.4 Å². The second-order valence-electron chi connectivity index (χ2n) is 9.38. The van der Waals surface area contributed by atoms with Crippen LogP contribution < -0.4 is 10.0 Å². The molecular weight excluding hydrogens is 507 g/mol. The van der Waals surface area contributed by atoms with Crippen molar-refractivity contribution in [1.29, 1.82) is 5.41 Å². The Balaban J connectivity index is 1.31. The Kier molecular flexibility index (Phi) is 8.08. The molecule has 8 nitrogen and oxygen atoms in total. The molecule has 4 rings (SSSR count). The van der Waals surface area contributed by atoms with E-state index in [4.69, 9.17) is 5.41 Å². The molecule has 2 heterocycles. The number of rotatable bonds is 5. The van der Waals surface area contributed by atoms with Crippen molar-refractivity contribution >= 4 is 21.9 Å². The van der Waals surface area contributed by atoms with E-state index in [2.05, 4.69) is 27.1 Å². The molecule has 200 valence electrons. The second-order valence-corrected chi connectivity index (χ2v) is 11.1. The van der Waals surface area contributed by atoms with E-state index in [-0.39, 0.29) is 42.8 Å². The molecule has 0 aliphatic carbocycles. The van der Waals surface area contributed by atoms with E-state index in [1.165, 1.54) is 17.7 Å². The highest BCUT2D eigenvalue weighted by molar-refractivity contribution is 7.90. The predicted octanol–water partition coefficient (Wildman–Crippen LogP) is 2.64. The number of piperidine rings is 1. The van der Waals surface area contributed by atoms with Crippen LogP contribution in [0.1, 0.15) is 29.5 Å². The van der Waals surface area contributed by atoms with Gasteiger partial charge in [0.05, 0.1) is 4.90 Å². The summed E-state index contributed by atoms with van der Waals surface area (Å²) in [6, 6.07) is 14.5. The summed E-state index contributed by atoms with van der Waals surface area (Å²) in [5.41, 5.74) is 2.51. The maximum absolute atomic E-state index is 12.9. The van der Waals surface area contributed by atoms with Crippen LogP contribution in [0.15, 0.2) is 53.4 Å². The Bertz CT molecular complexity index is 1230. The number of carbonyl (C=O) groups is 1. The maximum Gasteiger partial charge on any atom is 0.471 e. The van der Waals surface area contributed by atoms with E-state index in [0.29, 0.717) is 11.1 Å². The summed E-state index contributed by atoms with van der Waals surface area (Å²) in [5, 5.41) is 11.1. The van der Waals surface area contributed by atoms with Gasteiger partial charge < -0.3 is 10.2 Å². The van der Waals surface area contributed by atoms with Crippen LogP contribution in [0, 0.1) is 5.41 Å². The summed E-state index contributed by atoms with van der Waals surface area (Å²) in [5.74, 6) is -2.21. The van der Waals surface area contributed by atoms with Gasteiger partial charge in [-0.3, -0.25) is 15.1 Å². The van der Waals surface area contributed by atoms with Crippen LogP contribution in [0.2, 0.25) is 0 Å². The molecule has 1 saturated heterocycles. The number of amides is 1. The van der Waals surface area contributed by atoms with E-state index in [1.54, 1.807) is 6.07 Å². The number of fused-ring (bicyclic) bond motifs is 1. The summed E-state index contributed by atoms with van der Waals surface area (Å²) in [6.45, 7) is 2.26. The minimum absolute atomic E-state index is 0.0357. The monoisotopic (exact) mass is 537 g/mol. The zero-order valence-electron chi connectivity index (χ0n) is 20.2. The van der Waals surface area contributed by atoms with Crippen molar-refractivity contribution in [3.05, 3.63) is 65.2 Å². The Morgan fingerprint density at radius 1 is 0.973 bits per heavy atom. The quantitative estimate of drug-likeness (QED) is 0.402. The van der Waals surface area contributed by atoms with Crippen molar-refractivity contribution in [2.75, 3.05) is 26.2 Å². The van der Waals surface area contributed by atoms with Gasteiger partial charge in [-0.15, -0.1) is 0 Å². The molecule has 3 N–H and O–H groups in total. The van der Waals surface area contributed by atoms with Crippen LogP contribution in [0.4, 0.5) is 13.2 Å². The number of sulfonamides is 1. The molecule has 0 bridgehead atoms. The van der Waals surface area contributed by atoms with Gasteiger partial charge in [0.25, 0.3) is 10.0 Å². The Labute approximate surface area is 214 Å². The van der Waals surface area contributed by atoms with Gasteiger partial charge >= 0.3 is 12.1 Å². The minimum atomic E-state index is -4.94. The standard InChI is InChI=1S/C25H30F3N5O3S/c26-25(27,28)23(34)33-14-8-19-6-7-22(16-20(19)9-15-33)37(35,36)31-24(29)30-21-10-12-32(13-11-21)17-18-4-2-1-3-5-18/h1-7,16,21H,8-15,17H2,(H3,29,30,31). The highest BCUT2D eigenvalue weighted by atomic mass is 32.2. The van der Waals surface area contributed by atoms with Crippen LogP contribution in [-0.4, -0.2) is 68.5 Å². The molecule has 0 radical (unpaired) electrons. The number of carbonyl (C=O) groups excluding carboxylic acids is 1. The topological polar surface area (TPSA) is 106 Å². The SMILES string of the molecule is N=C(NC1CCN(Cc2ccccc2)CC1)NS(=O)(=O)c1ccc2c(c1)CCN(C(=O)C(F)(F)F)CC2. The van der Waals surface area contributed by atoms with Gasteiger partial charge in [0.2, 0.25) is 5.96 Å². The second kappa shape index (κ2) is 11.1. The fourth-order valence-electron chi connectivity index (χ4n) is 4.75. The first-order valence-corrected chi connectivity index (χ1v) is 13.6. The molecule has 0 aromatic heterocycles. The first-order chi connectivity index (χ1) is 17.5. The number of nitrogens with one attached hydrogen (secondary N) is 3. The first kappa shape index (κ1) is 26.9. The number of nitrogens with zero attached hydrogens (tertiary/aromatic N) is 2. The fraction of sp³-hybridized carbons (Fsp3) is 0.440. The Hall–Kier alpha value is -3.12. The molecular formula is C25H30F3N5O3S. The van der Waals surface area contributed by atoms with Gasteiger partial charge in [0, 0.05) is 38.8 Å². The normalized spacial score (nSPS) is 17.5. The van der Waals surface area contributed by atoms with E-state index < -0.39 is 22.1 Å². The first-order valence-electron chi connectivity index (χ1n) is 12.1. The number of alkyl halides is 3. The molecule has 2 aromatic carbocycles. The highest BCUT2D eigenvalue weighted by Crippen LogP contribution is 2.24. The van der Waals surface area contributed by atoms with E-state index in [9.17, 15) is 26.4 Å². The van der Waals surface area contributed by atoms with E-state index in [0.717, 1.165) is 37.4 Å². The lowest BCUT2D eigenvalue weighted by Gasteiger charge is -2.32. The van der Waals surface area contributed by atoms with Crippen molar-refractivity contribution in [3.8, 4) is 0 Å². The van der Waals surface area contributed by atoms with Crippen LogP contribution >= 0.6 is 0 Å². The molecule has 1 amide bonds. The number of benzene rings is 2. The zero-order valence-corrected chi connectivity index (χ0v) is 21.0. The van der Waals surface area contributed by atoms with Crippen molar-refractivity contribution in [1.82, 2.24) is 19.8 Å². The molecule has 0 atom stereocenters. The number of guanidine groups is 1. The third-order valence-electron chi connectivity index (χ3n) is 6.74. The molecule has 37 heavy (non-hydrogen) atoms. The zero-order chi connectivity index (χ0) is 26.6. The van der Waals surface area contributed by atoms with Crippen molar-refractivity contribution in [2.45, 2.75) is 49.3 Å². The lowest BCUT2D eigenvalue weighted by Crippen LogP contribution is -2.49. The fourth-order valence-corrected chi connectivity index (χ4v) is 5.75. The predicted molar refractivity (Wildman–Crippen MR) is 132 cm³/mol. The summed E-state index contributed by atoms with van der Waals surface area (Å²) < 4.78 is 66.5. The maximum atomic E-state index is 12.9. The number of hydrogen-bond donors (Lipinski definition) is 3. The highest BCUT2D eigenvalue weighted by Gasteiger charge is 2.42. The number of likely N-dealkylation sites (tertiary alicyclic amines) is 1. The van der Waals surface area contributed by atoms with Gasteiger partial charge in [-0.2, -0.15) is 13.2 Å². The Morgan fingerprint density at radius 3 is 2.27 bits per heavy atom. The Morgan fingerprint density at radius 2 is 1.62 bits per heavy atom. The van der Waals surface area contributed by atoms with Crippen molar-refractivity contribution in [2.24, 2.45) is 0 Å². The van der Waals surface area contributed by atoms with Gasteiger partial charge in [-0.05, 0) is 54.5 Å². The van der Waals surface area contributed by atoms with E-state index in [1.807, 2.05) is 18.2 Å². The lowest BCUT2D eigenvalue weighted by molar-refractivity contribution is -0.185. The number of hydrogen-bond acceptors (Lipinski definition) is 5. The van der Waals surface area contributed by atoms with Crippen molar-refractivity contribution < 1.29 is 26.4 Å². The van der Waals surface area contributed by atoms with Crippen LogP contribution in [0.5, 0.6) is 0 Å².